The first-order valence-electron chi connectivity index (χ1n) is 18.7. The molecule has 2 nitrogen and oxygen atoms in total. The molecule has 9 aromatic rings. The van der Waals surface area contributed by atoms with E-state index in [2.05, 4.69) is 195 Å². The summed E-state index contributed by atoms with van der Waals surface area (Å²) in [5, 5.41) is 0. The first-order valence-corrected chi connectivity index (χ1v) is 18.7. The fourth-order valence-corrected chi connectivity index (χ4v) is 7.45. The predicted molar refractivity (Wildman–Crippen MR) is 230 cm³/mol. The van der Waals surface area contributed by atoms with E-state index in [1.807, 2.05) is 24.3 Å². The lowest BCUT2D eigenvalue weighted by Crippen LogP contribution is -2.01. The van der Waals surface area contributed by atoms with Crippen LogP contribution in [0.3, 0.4) is 0 Å². The molecule has 260 valence electrons. The number of hydrogen-bond donors (Lipinski definition) is 0. The second kappa shape index (κ2) is 15.1. The highest BCUT2D eigenvalue weighted by atomic mass is 14.9. The van der Waals surface area contributed by atoms with Gasteiger partial charge in [0.2, 0.25) is 0 Å². The van der Waals surface area contributed by atoms with Crippen LogP contribution < -0.4 is 0 Å². The quantitative estimate of drug-likeness (QED) is 0.158. The maximum absolute atomic E-state index is 5.37. The van der Waals surface area contributed by atoms with Crippen molar-refractivity contribution in [1.29, 1.82) is 0 Å². The van der Waals surface area contributed by atoms with E-state index < -0.39 is 0 Å². The second-order valence-corrected chi connectivity index (χ2v) is 13.8. The van der Waals surface area contributed by atoms with Crippen LogP contribution in [0.1, 0.15) is 5.56 Å². The van der Waals surface area contributed by atoms with Crippen LogP contribution in [0.4, 0.5) is 0 Å². The molecule has 0 fully saturated rings. The standard InChI is InChI=1S/C53H38N2/c1-37-51(41-24-13-5-14-25-41)54-53(42-26-15-6-16-27-42)55-52(37)48-34-46(44-29-17-28-43(32-44)38-18-7-2-8-19-38)33-47(35-48)50-36-45(39-20-9-3-10-21-39)30-31-49(50)40-22-11-4-12-23-40/h2-36H,1H3. The van der Waals surface area contributed by atoms with Gasteiger partial charge in [0.05, 0.1) is 11.4 Å². The van der Waals surface area contributed by atoms with Gasteiger partial charge in [0, 0.05) is 22.3 Å². The van der Waals surface area contributed by atoms with Crippen LogP contribution in [0.5, 0.6) is 0 Å². The molecule has 0 amide bonds. The smallest absolute Gasteiger partial charge is 0.160 e. The van der Waals surface area contributed by atoms with Crippen molar-refractivity contribution in [2.45, 2.75) is 6.92 Å². The third-order valence-corrected chi connectivity index (χ3v) is 10.3. The van der Waals surface area contributed by atoms with Crippen molar-refractivity contribution >= 4 is 0 Å². The Morgan fingerprint density at radius 3 is 1.24 bits per heavy atom. The minimum Gasteiger partial charge on any atom is -0.228 e. The summed E-state index contributed by atoms with van der Waals surface area (Å²) in [5.74, 6) is 0.703. The van der Waals surface area contributed by atoms with Gasteiger partial charge in [-0.2, -0.15) is 0 Å². The van der Waals surface area contributed by atoms with Gasteiger partial charge in [-0.15, -0.1) is 0 Å². The second-order valence-electron chi connectivity index (χ2n) is 13.8. The summed E-state index contributed by atoms with van der Waals surface area (Å²) in [6.07, 6.45) is 0. The van der Waals surface area contributed by atoms with E-state index in [1.165, 1.54) is 33.4 Å². The van der Waals surface area contributed by atoms with Crippen LogP contribution in [0.25, 0.3) is 89.5 Å². The Bertz CT molecular complexity index is 2720. The van der Waals surface area contributed by atoms with Crippen molar-refractivity contribution in [2.75, 3.05) is 0 Å². The maximum Gasteiger partial charge on any atom is 0.160 e. The summed E-state index contributed by atoms with van der Waals surface area (Å²) >= 11 is 0. The Hall–Kier alpha value is -7.16. The van der Waals surface area contributed by atoms with Crippen LogP contribution in [0, 0.1) is 6.92 Å². The maximum atomic E-state index is 5.37. The van der Waals surface area contributed by atoms with Crippen molar-refractivity contribution in [2.24, 2.45) is 0 Å². The highest BCUT2D eigenvalue weighted by Crippen LogP contribution is 2.41. The number of benzene rings is 8. The van der Waals surface area contributed by atoms with Crippen molar-refractivity contribution in [3.8, 4) is 89.5 Å². The zero-order valence-electron chi connectivity index (χ0n) is 30.6. The topological polar surface area (TPSA) is 25.8 Å². The van der Waals surface area contributed by atoms with Gasteiger partial charge in [-0.05, 0) is 92.9 Å². The molecule has 0 radical (unpaired) electrons. The third-order valence-electron chi connectivity index (χ3n) is 10.3. The average molecular weight is 703 g/mol. The minimum absolute atomic E-state index is 0.703. The molecule has 1 heterocycles. The zero-order valence-corrected chi connectivity index (χ0v) is 30.6. The Labute approximate surface area is 323 Å². The fourth-order valence-electron chi connectivity index (χ4n) is 7.45. The molecule has 0 saturated carbocycles. The molecular formula is C53H38N2. The molecule has 0 bridgehead atoms. The molecule has 0 N–H and O–H groups in total. The molecule has 0 spiro atoms. The van der Waals surface area contributed by atoms with Crippen LogP contribution in [-0.4, -0.2) is 9.97 Å². The highest BCUT2D eigenvalue weighted by Gasteiger charge is 2.19. The van der Waals surface area contributed by atoms with E-state index >= 15 is 0 Å². The van der Waals surface area contributed by atoms with E-state index in [0.717, 1.165) is 55.9 Å². The Kier molecular flexibility index (Phi) is 9.22. The van der Waals surface area contributed by atoms with Crippen molar-refractivity contribution in [3.05, 3.63) is 218 Å². The molecule has 9 rings (SSSR count). The number of rotatable bonds is 8. The van der Waals surface area contributed by atoms with Gasteiger partial charge in [-0.1, -0.05) is 182 Å². The van der Waals surface area contributed by atoms with Gasteiger partial charge >= 0.3 is 0 Å². The largest absolute Gasteiger partial charge is 0.228 e. The lowest BCUT2D eigenvalue weighted by Gasteiger charge is -2.18. The molecule has 55 heavy (non-hydrogen) atoms. The number of aromatic nitrogens is 2. The molecule has 0 aliphatic carbocycles. The summed E-state index contributed by atoms with van der Waals surface area (Å²) in [6, 6.07) is 75.3. The van der Waals surface area contributed by atoms with Gasteiger partial charge in [0.25, 0.3) is 0 Å². The van der Waals surface area contributed by atoms with E-state index in [9.17, 15) is 0 Å². The summed E-state index contributed by atoms with van der Waals surface area (Å²) < 4.78 is 0. The fraction of sp³-hybridized carbons (Fsp3) is 0.0189. The molecule has 1 aromatic heterocycles. The van der Waals surface area contributed by atoms with Crippen LogP contribution in [0.2, 0.25) is 0 Å². The minimum atomic E-state index is 0.703. The van der Waals surface area contributed by atoms with E-state index in [4.69, 9.17) is 9.97 Å². The van der Waals surface area contributed by atoms with Crippen molar-refractivity contribution < 1.29 is 0 Å². The van der Waals surface area contributed by atoms with Crippen LogP contribution in [-0.2, 0) is 0 Å². The molecule has 0 aliphatic heterocycles. The normalized spacial score (nSPS) is 11.0. The number of nitrogens with zero attached hydrogens (tertiary/aromatic N) is 2. The van der Waals surface area contributed by atoms with Crippen molar-refractivity contribution in [1.82, 2.24) is 9.97 Å². The van der Waals surface area contributed by atoms with E-state index in [-0.39, 0.29) is 0 Å². The molecule has 0 atom stereocenters. The van der Waals surface area contributed by atoms with Gasteiger partial charge < -0.3 is 0 Å². The molecule has 8 aromatic carbocycles. The monoisotopic (exact) mass is 702 g/mol. The first kappa shape index (κ1) is 33.7. The molecule has 0 unspecified atom stereocenters. The summed E-state index contributed by atoms with van der Waals surface area (Å²) in [7, 11) is 0. The Morgan fingerprint density at radius 1 is 0.255 bits per heavy atom. The molecular weight excluding hydrogens is 665 g/mol. The molecule has 0 aliphatic rings. The van der Waals surface area contributed by atoms with Gasteiger partial charge in [-0.3, -0.25) is 0 Å². The average Bonchev–Trinajstić information content (AvgIpc) is 3.27. The van der Waals surface area contributed by atoms with Crippen LogP contribution in [0.15, 0.2) is 212 Å². The van der Waals surface area contributed by atoms with Crippen molar-refractivity contribution in [3.63, 3.8) is 0 Å². The van der Waals surface area contributed by atoms with E-state index in [0.29, 0.717) is 5.82 Å². The molecule has 2 heteroatoms. The Morgan fingerprint density at radius 2 is 0.655 bits per heavy atom. The first-order chi connectivity index (χ1) is 27.2. The predicted octanol–water partition coefficient (Wildman–Crippen LogP) is 14.1. The lowest BCUT2D eigenvalue weighted by molar-refractivity contribution is 1.15. The van der Waals surface area contributed by atoms with Gasteiger partial charge in [0.1, 0.15) is 0 Å². The molecule has 0 saturated heterocycles. The number of hydrogen-bond acceptors (Lipinski definition) is 2. The SMILES string of the molecule is Cc1c(-c2ccccc2)nc(-c2ccccc2)nc1-c1cc(-c2cccc(-c3ccccc3)c2)cc(-c2cc(-c3ccccc3)ccc2-c2ccccc2)c1. The van der Waals surface area contributed by atoms with Gasteiger partial charge in [0.15, 0.2) is 5.82 Å². The van der Waals surface area contributed by atoms with E-state index in [1.54, 1.807) is 0 Å². The zero-order chi connectivity index (χ0) is 37.0. The third kappa shape index (κ3) is 7.02. The van der Waals surface area contributed by atoms with Crippen LogP contribution >= 0.6 is 0 Å². The highest BCUT2D eigenvalue weighted by molar-refractivity contribution is 5.92. The summed E-state index contributed by atoms with van der Waals surface area (Å²) in [6.45, 7) is 2.15. The lowest BCUT2D eigenvalue weighted by atomic mass is 9.87. The van der Waals surface area contributed by atoms with Gasteiger partial charge in [-0.25, -0.2) is 9.97 Å². The Balaban J connectivity index is 1.32. The summed E-state index contributed by atoms with van der Waals surface area (Å²) in [4.78, 5) is 10.6. The summed E-state index contributed by atoms with van der Waals surface area (Å²) in [5.41, 5.74) is 17.6.